The van der Waals surface area contributed by atoms with Gasteiger partial charge in [-0.25, -0.2) is 0 Å². The number of hydrogen-bond donors (Lipinski definition) is 2. The molecule has 0 radical (unpaired) electrons. The molecule has 0 spiro atoms. The predicted molar refractivity (Wildman–Crippen MR) is 59.4 cm³/mol. The average Bonchev–Trinajstić information content (AvgIpc) is 2.96. The number of aliphatic hydroxyl groups is 1. The highest BCUT2D eigenvalue weighted by atomic mass is 16.3. The van der Waals surface area contributed by atoms with Crippen LogP contribution in [-0.2, 0) is 0 Å². The Balaban J connectivity index is 2.03. The molecule has 1 saturated carbocycles. The van der Waals surface area contributed by atoms with Crippen molar-refractivity contribution in [2.45, 2.75) is 32.2 Å². The number of rotatable bonds is 8. The van der Waals surface area contributed by atoms with Gasteiger partial charge in [0.1, 0.15) is 0 Å². The van der Waals surface area contributed by atoms with Crippen LogP contribution < -0.4 is 5.32 Å². The molecule has 0 bridgehead atoms. The molecule has 14 heavy (non-hydrogen) atoms. The maximum Gasteiger partial charge on any atom is 0.0585 e. The number of aliphatic hydroxyl groups excluding tert-OH is 1. The predicted octanol–water partition coefficient (Wildman–Crippen LogP) is 0.689. The second-order valence-electron chi connectivity index (χ2n) is 4.43. The maximum absolute atomic E-state index is 9.08. The van der Waals surface area contributed by atoms with Crippen LogP contribution in [0.5, 0.6) is 0 Å². The summed E-state index contributed by atoms with van der Waals surface area (Å²) in [4.78, 5) is 2.39. The minimum absolute atomic E-state index is 0.255. The third-order valence-corrected chi connectivity index (χ3v) is 2.84. The molecule has 0 aromatic carbocycles. The van der Waals surface area contributed by atoms with Gasteiger partial charge in [0.15, 0.2) is 0 Å². The van der Waals surface area contributed by atoms with Gasteiger partial charge in [-0.1, -0.05) is 6.92 Å². The van der Waals surface area contributed by atoms with Crippen LogP contribution in [0.2, 0.25) is 0 Å². The molecule has 1 aliphatic carbocycles. The summed E-state index contributed by atoms with van der Waals surface area (Å²) in [7, 11) is 2.18. The van der Waals surface area contributed by atoms with E-state index < -0.39 is 0 Å². The third kappa shape index (κ3) is 4.94. The molecule has 84 valence electrons. The zero-order valence-electron chi connectivity index (χ0n) is 9.50. The van der Waals surface area contributed by atoms with Crippen LogP contribution in [0.15, 0.2) is 0 Å². The summed E-state index contributed by atoms with van der Waals surface area (Å²) in [6, 6.07) is 0.279. The molecule has 0 amide bonds. The SMILES string of the molecule is CCNC(CO)CCN(C)CC1CC1. The van der Waals surface area contributed by atoms with Crippen LogP contribution in [0.3, 0.4) is 0 Å². The molecular weight excluding hydrogens is 176 g/mol. The molecular formula is C11H24N2O. The van der Waals surface area contributed by atoms with E-state index in [0.29, 0.717) is 0 Å². The van der Waals surface area contributed by atoms with E-state index >= 15 is 0 Å². The largest absolute Gasteiger partial charge is 0.395 e. The lowest BCUT2D eigenvalue weighted by atomic mass is 10.2. The Morgan fingerprint density at radius 3 is 2.71 bits per heavy atom. The molecule has 0 aromatic heterocycles. The molecule has 2 N–H and O–H groups in total. The zero-order chi connectivity index (χ0) is 10.4. The van der Waals surface area contributed by atoms with Gasteiger partial charge >= 0.3 is 0 Å². The number of nitrogens with zero attached hydrogens (tertiary/aromatic N) is 1. The zero-order valence-corrected chi connectivity index (χ0v) is 9.50. The van der Waals surface area contributed by atoms with Crippen LogP contribution in [-0.4, -0.2) is 49.3 Å². The number of nitrogens with one attached hydrogen (secondary N) is 1. The van der Waals surface area contributed by atoms with Crippen molar-refractivity contribution in [1.29, 1.82) is 0 Å². The van der Waals surface area contributed by atoms with Gasteiger partial charge in [-0.2, -0.15) is 0 Å². The molecule has 0 saturated heterocycles. The van der Waals surface area contributed by atoms with Crippen molar-refractivity contribution in [3.63, 3.8) is 0 Å². The van der Waals surface area contributed by atoms with Crippen molar-refractivity contribution in [1.82, 2.24) is 10.2 Å². The van der Waals surface area contributed by atoms with Crippen LogP contribution in [0.1, 0.15) is 26.2 Å². The molecule has 0 aromatic rings. The lowest BCUT2D eigenvalue weighted by Crippen LogP contribution is -2.36. The quantitative estimate of drug-likeness (QED) is 0.605. The first-order chi connectivity index (χ1) is 6.76. The van der Waals surface area contributed by atoms with Gasteiger partial charge < -0.3 is 15.3 Å². The summed E-state index contributed by atoms with van der Waals surface area (Å²) < 4.78 is 0. The van der Waals surface area contributed by atoms with Gasteiger partial charge in [-0.05, 0) is 45.3 Å². The van der Waals surface area contributed by atoms with E-state index in [1.807, 2.05) is 0 Å². The molecule has 0 heterocycles. The normalized spacial score (nSPS) is 18.9. The standard InChI is InChI=1S/C11H24N2O/c1-3-12-11(9-14)6-7-13(2)8-10-4-5-10/h10-12,14H,3-9H2,1-2H3. The fourth-order valence-corrected chi connectivity index (χ4v) is 1.76. The van der Waals surface area contributed by atoms with Crippen molar-refractivity contribution in [3.8, 4) is 0 Å². The van der Waals surface area contributed by atoms with Crippen molar-refractivity contribution in [2.75, 3.05) is 33.3 Å². The van der Waals surface area contributed by atoms with Gasteiger partial charge in [0.05, 0.1) is 6.61 Å². The molecule has 3 nitrogen and oxygen atoms in total. The highest BCUT2D eigenvalue weighted by Gasteiger charge is 2.22. The van der Waals surface area contributed by atoms with E-state index in [-0.39, 0.29) is 12.6 Å². The van der Waals surface area contributed by atoms with E-state index in [1.165, 1.54) is 19.4 Å². The Morgan fingerprint density at radius 2 is 2.21 bits per heavy atom. The minimum Gasteiger partial charge on any atom is -0.395 e. The van der Waals surface area contributed by atoms with Gasteiger partial charge in [0.2, 0.25) is 0 Å². The Labute approximate surface area is 87.5 Å². The summed E-state index contributed by atoms with van der Waals surface area (Å²) in [6.45, 7) is 5.61. The fourth-order valence-electron chi connectivity index (χ4n) is 1.76. The molecule has 3 heteroatoms. The number of hydrogen-bond acceptors (Lipinski definition) is 3. The smallest absolute Gasteiger partial charge is 0.0585 e. The highest BCUT2D eigenvalue weighted by molar-refractivity contribution is 4.76. The van der Waals surface area contributed by atoms with Crippen LogP contribution >= 0.6 is 0 Å². The topological polar surface area (TPSA) is 35.5 Å². The third-order valence-electron chi connectivity index (χ3n) is 2.84. The minimum atomic E-state index is 0.255. The van der Waals surface area contributed by atoms with Crippen LogP contribution in [0.4, 0.5) is 0 Å². The highest BCUT2D eigenvalue weighted by Crippen LogP contribution is 2.29. The molecule has 1 fully saturated rings. The lowest BCUT2D eigenvalue weighted by molar-refractivity contribution is 0.217. The second kappa shape index (κ2) is 6.38. The van der Waals surface area contributed by atoms with E-state index in [4.69, 9.17) is 5.11 Å². The summed E-state index contributed by atoms with van der Waals surface area (Å²) >= 11 is 0. The maximum atomic E-state index is 9.08. The Hall–Kier alpha value is -0.120. The summed E-state index contributed by atoms with van der Waals surface area (Å²) in [5.41, 5.74) is 0. The van der Waals surface area contributed by atoms with Gasteiger partial charge in [-0.15, -0.1) is 0 Å². The Morgan fingerprint density at radius 1 is 1.50 bits per heavy atom. The van der Waals surface area contributed by atoms with Crippen molar-refractivity contribution < 1.29 is 5.11 Å². The van der Waals surface area contributed by atoms with Crippen molar-refractivity contribution >= 4 is 0 Å². The summed E-state index contributed by atoms with van der Waals surface area (Å²) in [6.07, 6.45) is 3.88. The first-order valence-electron chi connectivity index (χ1n) is 5.79. The fraction of sp³-hybridized carbons (Fsp3) is 1.00. The first kappa shape index (κ1) is 12.0. The van der Waals surface area contributed by atoms with Crippen LogP contribution in [0.25, 0.3) is 0 Å². The second-order valence-corrected chi connectivity index (χ2v) is 4.43. The van der Waals surface area contributed by atoms with Gasteiger partial charge in [0, 0.05) is 12.6 Å². The van der Waals surface area contributed by atoms with E-state index in [0.717, 1.165) is 25.4 Å². The van der Waals surface area contributed by atoms with Crippen molar-refractivity contribution in [3.05, 3.63) is 0 Å². The van der Waals surface area contributed by atoms with Crippen LogP contribution in [0, 0.1) is 5.92 Å². The molecule has 1 atom stereocenters. The molecule has 1 aliphatic rings. The van der Waals surface area contributed by atoms with E-state index in [2.05, 4.69) is 24.2 Å². The first-order valence-corrected chi connectivity index (χ1v) is 5.79. The molecule has 0 aliphatic heterocycles. The lowest BCUT2D eigenvalue weighted by Gasteiger charge is -2.20. The van der Waals surface area contributed by atoms with E-state index in [9.17, 15) is 0 Å². The molecule has 1 rings (SSSR count). The summed E-state index contributed by atoms with van der Waals surface area (Å²) in [5, 5.41) is 12.4. The Bertz CT molecular complexity index is 148. The monoisotopic (exact) mass is 200 g/mol. The Kier molecular flexibility index (Phi) is 5.45. The molecule has 1 unspecified atom stereocenters. The number of likely N-dealkylation sites (N-methyl/N-ethyl adjacent to an activating group) is 1. The summed E-state index contributed by atoms with van der Waals surface area (Å²) in [5.74, 6) is 0.965. The average molecular weight is 200 g/mol. The van der Waals surface area contributed by atoms with Crippen molar-refractivity contribution in [2.24, 2.45) is 5.92 Å². The van der Waals surface area contributed by atoms with E-state index in [1.54, 1.807) is 0 Å². The van der Waals surface area contributed by atoms with Gasteiger partial charge in [0.25, 0.3) is 0 Å². The van der Waals surface area contributed by atoms with Gasteiger partial charge in [-0.3, -0.25) is 0 Å².